The Hall–Kier alpha value is -1.57. The summed E-state index contributed by atoms with van der Waals surface area (Å²) in [5.41, 5.74) is 1.77. The summed E-state index contributed by atoms with van der Waals surface area (Å²) in [7, 11) is 0. The molecule has 0 atom stereocenters. The molecular weight excluding hydrogens is 474 g/mol. The molecule has 0 aliphatic carbocycles. The van der Waals surface area contributed by atoms with Crippen molar-refractivity contribution >= 4 is 51.8 Å². The third-order valence-electron chi connectivity index (χ3n) is 3.46. The van der Waals surface area contributed by atoms with Crippen LogP contribution in [0.2, 0.25) is 10.0 Å². The molecule has 0 bridgehead atoms. The molecule has 3 aromatic rings. The average molecular weight is 487 g/mol. The van der Waals surface area contributed by atoms with E-state index >= 15 is 0 Å². The van der Waals surface area contributed by atoms with Crippen LogP contribution in [0.25, 0.3) is 17.1 Å². The number of carbonyl (C=O) groups is 1. The maximum Gasteiger partial charge on any atom is 0.358 e. The van der Waals surface area contributed by atoms with Gasteiger partial charge in [-0.3, -0.25) is 4.57 Å². The van der Waals surface area contributed by atoms with E-state index in [1.807, 2.05) is 24.3 Å². The zero-order valence-corrected chi connectivity index (χ0v) is 16.8. The van der Waals surface area contributed by atoms with E-state index in [9.17, 15) is 4.79 Å². The normalized spacial score (nSPS) is 10.7. The standard InChI is InChI=1S/C18H13Cl2IN2O2/c1-2-25-18(24)15-10-23(16-8-5-12(19)9-14(16)20)17(22-15)11-3-6-13(21)7-4-11/h3-10H,2H2,1H3. The van der Waals surface area contributed by atoms with Crippen LogP contribution in [0.1, 0.15) is 17.4 Å². The molecule has 0 spiro atoms. The van der Waals surface area contributed by atoms with E-state index in [2.05, 4.69) is 27.6 Å². The number of hydrogen-bond donors (Lipinski definition) is 0. The molecule has 1 aromatic heterocycles. The smallest absolute Gasteiger partial charge is 0.358 e. The number of nitrogens with zero attached hydrogens (tertiary/aromatic N) is 2. The van der Waals surface area contributed by atoms with Gasteiger partial charge < -0.3 is 4.74 Å². The molecule has 128 valence electrons. The molecule has 0 radical (unpaired) electrons. The average Bonchev–Trinajstić information content (AvgIpc) is 3.01. The highest BCUT2D eigenvalue weighted by atomic mass is 127. The van der Waals surface area contributed by atoms with Crippen molar-refractivity contribution in [2.75, 3.05) is 6.61 Å². The summed E-state index contributed by atoms with van der Waals surface area (Å²) >= 11 is 14.6. The summed E-state index contributed by atoms with van der Waals surface area (Å²) in [6.45, 7) is 2.04. The molecule has 0 saturated carbocycles. The van der Waals surface area contributed by atoms with E-state index in [4.69, 9.17) is 27.9 Å². The minimum atomic E-state index is -0.474. The van der Waals surface area contributed by atoms with Crippen molar-refractivity contribution in [3.8, 4) is 17.1 Å². The first-order valence-electron chi connectivity index (χ1n) is 7.47. The number of benzene rings is 2. The van der Waals surface area contributed by atoms with Gasteiger partial charge in [-0.15, -0.1) is 0 Å². The van der Waals surface area contributed by atoms with E-state index in [0.29, 0.717) is 21.6 Å². The number of halogens is 3. The van der Waals surface area contributed by atoms with Gasteiger partial charge in [-0.1, -0.05) is 35.3 Å². The first kappa shape index (κ1) is 18.2. The van der Waals surface area contributed by atoms with Crippen molar-refractivity contribution in [2.45, 2.75) is 6.92 Å². The van der Waals surface area contributed by atoms with Crippen LogP contribution < -0.4 is 0 Å². The van der Waals surface area contributed by atoms with E-state index in [-0.39, 0.29) is 12.3 Å². The third-order valence-corrected chi connectivity index (χ3v) is 4.72. The van der Waals surface area contributed by atoms with Gasteiger partial charge in [0, 0.05) is 20.4 Å². The Morgan fingerprint density at radius 1 is 1.20 bits per heavy atom. The molecule has 0 amide bonds. The maximum atomic E-state index is 12.1. The zero-order valence-electron chi connectivity index (χ0n) is 13.2. The summed E-state index contributed by atoms with van der Waals surface area (Å²) in [6.07, 6.45) is 1.63. The highest BCUT2D eigenvalue weighted by molar-refractivity contribution is 14.1. The first-order valence-corrected chi connectivity index (χ1v) is 9.31. The minimum absolute atomic E-state index is 0.224. The fourth-order valence-electron chi connectivity index (χ4n) is 2.35. The lowest BCUT2D eigenvalue weighted by Crippen LogP contribution is -2.04. The van der Waals surface area contributed by atoms with Crippen LogP contribution in [0.5, 0.6) is 0 Å². The third kappa shape index (κ3) is 3.99. The molecule has 0 unspecified atom stereocenters. The van der Waals surface area contributed by atoms with E-state index in [1.165, 1.54) is 0 Å². The van der Waals surface area contributed by atoms with Crippen molar-refractivity contribution < 1.29 is 9.53 Å². The van der Waals surface area contributed by atoms with Crippen LogP contribution in [-0.2, 0) is 4.74 Å². The van der Waals surface area contributed by atoms with E-state index < -0.39 is 5.97 Å². The summed E-state index contributed by atoms with van der Waals surface area (Å²) < 4.78 is 7.94. The molecule has 0 N–H and O–H groups in total. The van der Waals surface area contributed by atoms with Gasteiger partial charge in [0.05, 0.1) is 17.3 Å². The van der Waals surface area contributed by atoms with Gasteiger partial charge in [0.15, 0.2) is 5.69 Å². The molecular formula is C18H13Cl2IN2O2. The van der Waals surface area contributed by atoms with Crippen LogP contribution in [0, 0.1) is 3.57 Å². The second-order valence-electron chi connectivity index (χ2n) is 5.14. The monoisotopic (exact) mass is 486 g/mol. The number of aromatic nitrogens is 2. The van der Waals surface area contributed by atoms with Gasteiger partial charge in [-0.05, 0) is 59.8 Å². The van der Waals surface area contributed by atoms with Crippen LogP contribution in [0.15, 0.2) is 48.7 Å². The Morgan fingerprint density at radius 3 is 2.56 bits per heavy atom. The number of rotatable bonds is 4. The number of esters is 1. The van der Waals surface area contributed by atoms with Crippen molar-refractivity contribution in [3.05, 3.63) is 68.0 Å². The van der Waals surface area contributed by atoms with Crippen molar-refractivity contribution in [3.63, 3.8) is 0 Å². The summed E-state index contributed by atoms with van der Waals surface area (Å²) in [6, 6.07) is 13.0. The predicted molar refractivity (Wildman–Crippen MR) is 108 cm³/mol. The minimum Gasteiger partial charge on any atom is -0.461 e. The number of hydrogen-bond acceptors (Lipinski definition) is 3. The first-order chi connectivity index (χ1) is 12.0. The molecule has 0 saturated heterocycles. The lowest BCUT2D eigenvalue weighted by molar-refractivity contribution is 0.0520. The molecule has 7 heteroatoms. The largest absolute Gasteiger partial charge is 0.461 e. The SMILES string of the molecule is CCOC(=O)c1cn(-c2ccc(Cl)cc2Cl)c(-c2ccc(I)cc2)n1. The molecule has 25 heavy (non-hydrogen) atoms. The second kappa shape index (κ2) is 7.76. The maximum absolute atomic E-state index is 12.1. The number of carbonyl (C=O) groups excluding carboxylic acids is 1. The fraction of sp³-hybridized carbons (Fsp3) is 0.111. The molecule has 1 heterocycles. The van der Waals surface area contributed by atoms with Crippen LogP contribution >= 0.6 is 45.8 Å². The van der Waals surface area contributed by atoms with Gasteiger partial charge in [-0.2, -0.15) is 0 Å². The van der Waals surface area contributed by atoms with Gasteiger partial charge in [0.2, 0.25) is 0 Å². The highest BCUT2D eigenvalue weighted by Gasteiger charge is 2.19. The van der Waals surface area contributed by atoms with Crippen molar-refractivity contribution in [2.24, 2.45) is 0 Å². The Balaban J connectivity index is 2.17. The lowest BCUT2D eigenvalue weighted by atomic mass is 10.2. The van der Waals surface area contributed by atoms with Crippen LogP contribution in [-0.4, -0.2) is 22.1 Å². The Labute approximate surface area is 168 Å². The topological polar surface area (TPSA) is 44.1 Å². The zero-order chi connectivity index (χ0) is 18.0. The second-order valence-corrected chi connectivity index (χ2v) is 7.23. The Morgan fingerprint density at radius 2 is 1.92 bits per heavy atom. The Bertz CT molecular complexity index is 923. The molecule has 0 aliphatic rings. The molecule has 3 rings (SSSR count). The number of imidazole rings is 1. The van der Waals surface area contributed by atoms with E-state index in [0.717, 1.165) is 9.13 Å². The predicted octanol–water partition coefficient (Wildman–Crippen LogP) is 5.63. The molecule has 4 nitrogen and oxygen atoms in total. The van der Waals surface area contributed by atoms with E-state index in [1.54, 1.807) is 35.9 Å². The van der Waals surface area contributed by atoms with Gasteiger partial charge in [-0.25, -0.2) is 9.78 Å². The van der Waals surface area contributed by atoms with Crippen molar-refractivity contribution in [1.82, 2.24) is 9.55 Å². The van der Waals surface area contributed by atoms with Crippen LogP contribution in [0.4, 0.5) is 0 Å². The number of ether oxygens (including phenoxy) is 1. The van der Waals surface area contributed by atoms with Gasteiger partial charge in [0.25, 0.3) is 0 Å². The van der Waals surface area contributed by atoms with Gasteiger partial charge >= 0.3 is 5.97 Å². The molecule has 0 fully saturated rings. The van der Waals surface area contributed by atoms with Crippen molar-refractivity contribution in [1.29, 1.82) is 0 Å². The lowest BCUT2D eigenvalue weighted by Gasteiger charge is -2.10. The summed E-state index contributed by atoms with van der Waals surface area (Å²) in [5, 5.41) is 1.00. The summed E-state index contributed by atoms with van der Waals surface area (Å²) in [5.74, 6) is 0.127. The summed E-state index contributed by atoms with van der Waals surface area (Å²) in [4.78, 5) is 16.6. The highest BCUT2D eigenvalue weighted by Crippen LogP contribution is 2.30. The Kier molecular flexibility index (Phi) is 5.66. The molecule has 0 aliphatic heterocycles. The van der Waals surface area contributed by atoms with Gasteiger partial charge in [0.1, 0.15) is 5.82 Å². The fourth-order valence-corrected chi connectivity index (χ4v) is 3.21. The van der Waals surface area contributed by atoms with Crippen LogP contribution in [0.3, 0.4) is 0 Å². The molecule has 2 aromatic carbocycles. The quantitative estimate of drug-likeness (QED) is 0.354.